The molecular formula is C10H10N2S2. The Morgan fingerprint density at radius 1 is 1.29 bits per heavy atom. The Morgan fingerprint density at radius 2 is 2.07 bits per heavy atom. The number of aromatic nitrogens is 2. The van der Waals surface area contributed by atoms with E-state index < -0.39 is 0 Å². The zero-order valence-electron chi connectivity index (χ0n) is 7.80. The highest BCUT2D eigenvalue weighted by atomic mass is 32.2. The highest BCUT2D eigenvalue weighted by Crippen LogP contribution is 2.16. The van der Waals surface area contributed by atoms with Gasteiger partial charge in [0.25, 0.3) is 0 Å². The van der Waals surface area contributed by atoms with Crippen LogP contribution in [0, 0.1) is 0 Å². The summed E-state index contributed by atoms with van der Waals surface area (Å²) in [6, 6.07) is 10.3. The lowest BCUT2D eigenvalue weighted by atomic mass is 10.2. The molecule has 2 aromatic rings. The maximum Gasteiger partial charge on any atom is 0.200 e. The first-order chi connectivity index (χ1) is 6.88. The summed E-state index contributed by atoms with van der Waals surface area (Å²) in [6.45, 7) is 0. The van der Waals surface area contributed by atoms with Crippen LogP contribution in [0.4, 0.5) is 0 Å². The topological polar surface area (TPSA) is 25.8 Å². The Hall–Kier alpha value is -0.870. The van der Waals surface area contributed by atoms with Crippen molar-refractivity contribution in [3.05, 3.63) is 40.9 Å². The van der Waals surface area contributed by atoms with Crippen LogP contribution in [0.2, 0.25) is 0 Å². The number of hydrogen-bond acceptors (Lipinski definition) is 4. The quantitative estimate of drug-likeness (QED) is 0.747. The Balaban J connectivity index is 2.11. The van der Waals surface area contributed by atoms with E-state index in [0.717, 1.165) is 16.6 Å². The molecule has 1 aromatic heterocycles. The van der Waals surface area contributed by atoms with Crippen LogP contribution in [-0.2, 0) is 6.42 Å². The van der Waals surface area contributed by atoms with Gasteiger partial charge in [0, 0.05) is 6.42 Å². The van der Waals surface area contributed by atoms with Crippen molar-refractivity contribution >= 4 is 23.3 Å². The Bertz CT molecular complexity index is 398. The molecule has 0 atom stereocenters. The molecule has 0 spiro atoms. The maximum absolute atomic E-state index is 4.39. The first kappa shape index (κ1) is 9.68. The number of benzene rings is 1. The third kappa shape index (κ3) is 2.33. The molecule has 0 aliphatic rings. The minimum atomic E-state index is 0.876. The third-order valence-corrected chi connectivity index (χ3v) is 3.20. The molecule has 0 saturated carbocycles. The van der Waals surface area contributed by atoms with Crippen LogP contribution in [0.1, 0.15) is 10.6 Å². The van der Waals surface area contributed by atoms with Crippen molar-refractivity contribution in [1.29, 1.82) is 0 Å². The predicted octanol–water partition coefficient (Wildman–Crippen LogP) is 2.85. The maximum atomic E-state index is 4.39. The van der Waals surface area contributed by atoms with Gasteiger partial charge in [-0.25, -0.2) is 4.98 Å². The first-order valence-corrected chi connectivity index (χ1v) is 6.29. The molecule has 0 amide bonds. The van der Waals surface area contributed by atoms with Crippen LogP contribution >= 0.6 is 23.3 Å². The van der Waals surface area contributed by atoms with Gasteiger partial charge in [0.15, 0.2) is 5.16 Å². The zero-order chi connectivity index (χ0) is 9.80. The summed E-state index contributed by atoms with van der Waals surface area (Å²) in [5, 5.41) is 1.96. The van der Waals surface area contributed by atoms with Crippen LogP contribution in [0.15, 0.2) is 35.5 Å². The minimum Gasteiger partial charge on any atom is -0.214 e. The zero-order valence-corrected chi connectivity index (χ0v) is 9.44. The summed E-state index contributed by atoms with van der Waals surface area (Å²) in [5.41, 5.74) is 1.29. The smallest absolute Gasteiger partial charge is 0.200 e. The van der Waals surface area contributed by atoms with Crippen LogP contribution < -0.4 is 0 Å². The normalized spacial score (nSPS) is 10.4. The third-order valence-electron chi connectivity index (χ3n) is 1.83. The second-order valence-corrected chi connectivity index (χ2v) is 4.45. The van der Waals surface area contributed by atoms with E-state index in [0.29, 0.717) is 0 Å². The SMILES string of the molecule is CSc1nsc(Cc2ccccc2)n1. The van der Waals surface area contributed by atoms with Crippen molar-refractivity contribution in [3.8, 4) is 0 Å². The molecule has 4 heteroatoms. The van der Waals surface area contributed by atoms with Crippen LogP contribution in [0.5, 0.6) is 0 Å². The van der Waals surface area contributed by atoms with E-state index in [1.165, 1.54) is 17.1 Å². The summed E-state index contributed by atoms with van der Waals surface area (Å²) in [7, 11) is 0. The van der Waals surface area contributed by atoms with Gasteiger partial charge in [0.2, 0.25) is 0 Å². The van der Waals surface area contributed by atoms with Crippen molar-refractivity contribution in [2.24, 2.45) is 0 Å². The van der Waals surface area contributed by atoms with Gasteiger partial charge in [-0.3, -0.25) is 0 Å². The molecule has 2 rings (SSSR count). The fourth-order valence-electron chi connectivity index (χ4n) is 1.16. The van der Waals surface area contributed by atoms with E-state index >= 15 is 0 Å². The molecule has 2 nitrogen and oxygen atoms in total. The summed E-state index contributed by atoms with van der Waals surface area (Å²) in [5.74, 6) is 0. The molecule has 0 aliphatic carbocycles. The summed E-state index contributed by atoms with van der Waals surface area (Å²) >= 11 is 3.08. The van der Waals surface area contributed by atoms with Crippen molar-refractivity contribution in [3.63, 3.8) is 0 Å². The van der Waals surface area contributed by atoms with Gasteiger partial charge in [-0.1, -0.05) is 42.1 Å². The molecule has 0 radical (unpaired) electrons. The minimum absolute atomic E-state index is 0.876. The van der Waals surface area contributed by atoms with E-state index in [2.05, 4.69) is 21.5 Å². The highest BCUT2D eigenvalue weighted by molar-refractivity contribution is 7.98. The lowest BCUT2D eigenvalue weighted by Crippen LogP contribution is -1.85. The molecule has 1 aromatic carbocycles. The predicted molar refractivity (Wildman–Crippen MR) is 60.9 cm³/mol. The highest BCUT2D eigenvalue weighted by Gasteiger charge is 2.02. The van der Waals surface area contributed by atoms with Gasteiger partial charge in [0.05, 0.1) is 0 Å². The Morgan fingerprint density at radius 3 is 2.71 bits per heavy atom. The van der Waals surface area contributed by atoms with E-state index in [9.17, 15) is 0 Å². The van der Waals surface area contributed by atoms with Gasteiger partial charge in [0.1, 0.15) is 5.01 Å². The van der Waals surface area contributed by atoms with E-state index in [-0.39, 0.29) is 0 Å². The molecule has 0 N–H and O–H groups in total. The molecule has 0 fully saturated rings. The van der Waals surface area contributed by atoms with Gasteiger partial charge in [-0.15, -0.1) is 0 Å². The molecule has 0 unspecified atom stereocenters. The Labute approximate surface area is 91.6 Å². The van der Waals surface area contributed by atoms with E-state index in [1.54, 1.807) is 11.8 Å². The van der Waals surface area contributed by atoms with E-state index in [4.69, 9.17) is 0 Å². The first-order valence-electron chi connectivity index (χ1n) is 4.29. The second-order valence-electron chi connectivity index (χ2n) is 2.84. The van der Waals surface area contributed by atoms with Crippen LogP contribution in [0.25, 0.3) is 0 Å². The average Bonchev–Trinajstić information content (AvgIpc) is 2.67. The molecule has 14 heavy (non-hydrogen) atoms. The number of rotatable bonds is 3. The summed E-state index contributed by atoms with van der Waals surface area (Å²) in [4.78, 5) is 4.39. The molecule has 0 aliphatic heterocycles. The fourth-order valence-corrected chi connectivity index (χ4v) is 2.42. The molecular weight excluding hydrogens is 212 g/mol. The summed E-state index contributed by atoms with van der Waals surface area (Å²) < 4.78 is 4.22. The summed E-state index contributed by atoms with van der Waals surface area (Å²) in [6.07, 6.45) is 2.88. The van der Waals surface area contributed by atoms with Gasteiger partial charge in [-0.2, -0.15) is 4.37 Å². The number of nitrogens with zero attached hydrogens (tertiary/aromatic N) is 2. The lowest BCUT2D eigenvalue weighted by Gasteiger charge is -1.94. The van der Waals surface area contributed by atoms with Crippen molar-refractivity contribution in [2.75, 3.05) is 6.26 Å². The molecule has 72 valence electrons. The average molecular weight is 222 g/mol. The van der Waals surface area contributed by atoms with Crippen LogP contribution in [-0.4, -0.2) is 15.6 Å². The fraction of sp³-hybridized carbons (Fsp3) is 0.200. The standard InChI is InChI=1S/C10H10N2S2/c1-13-10-11-9(14-12-10)7-8-5-3-2-4-6-8/h2-6H,7H2,1H3. The second kappa shape index (κ2) is 4.57. The molecule has 0 bridgehead atoms. The molecule has 0 saturated heterocycles. The number of thioether (sulfide) groups is 1. The number of hydrogen-bond donors (Lipinski definition) is 0. The Kier molecular flexibility index (Phi) is 3.16. The van der Waals surface area contributed by atoms with Crippen molar-refractivity contribution in [2.45, 2.75) is 11.6 Å². The van der Waals surface area contributed by atoms with E-state index in [1.807, 2.05) is 24.5 Å². The van der Waals surface area contributed by atoms with Gasteiger partial charge in [-0.05, 0) is 23.4 Å². The molecule has 1 heterocycles. The van der Waals surface area contributed by atoms with Crippen molar-refractivity contribution in [1.82, 2.24) is 9.36 Å². The van der Waals surface area contributed by atoms with Gasteiger partial charge >= 0.3 is 0 Å². The largest absolute Gasteiger partial charge is 0.214 e. The van der Waals surface area contributed by atoms with Crippen LogP contribution in [0.3, 0.4) is 0 Å². The van der Waals surface area contributed by atoms with Crippen molar-refractivity contribution < 1.29 is 0 Å². The van der Waals surface area contributed by atoms with Gasteiger partial charge < -0.3 is 0 Å². The lowest BCUT2D eigenvalue weighted by molar-refractivity contribution is 1.01. The monoisotopic (exact) mass is 222 g/mol.